The van der Waals surface area contributed by atoms with Gasteiger partial charge in [0.2, 0.25) is 11.9 Å². The Morgan fingerprint density at radius 3 is 2.26 bits per heavy atom. The van der Waals surface area contributed by atoms with Crippen molar-refractivity contribution in [1.82, 2.24) is 29.7 Å². The number of halogens is 1. The predicted molar refractivity (Wildman–Crippen MR) is 203 cm³/mol. The third-order valence-corrected chi connectivity index (χ3v) is 10.5. The van der Waals surface area contributed by atoms with E-state index in [-0.39, 0.29) is 47.9 Å². The van der Waals surface area contributed by atoms with Crippen molar-refractivity contribution >= 4 is 29.6 Å². The summed E-state index contributed by atoms with van der Waals surface area (Å²) < 4.78 is 24.2. The molecule has 3 aliphatic rings. The number of methoxy groups -OCH3 is 1. The third-order valence-electron chi connectivity index (χ3n) is 10.5. The van der Waals surface area contributed by atoms with Crippen molar-refractivity contribution in [2.45, 2.75) is 84.0 Å². The Morgan fingerprint density at radius 2 is 1.61 bits per heavy atom. The summed E-state index contributed by atoms with van der Waals surface area (Å²) in [4.78, 5) is 63.8. The fourth-order valence-electron chi connectivity index (χ4n) is 7.67. The van der Waals surface area contributed by atoms with Crippen LogP contribution in [0.5, 0.6) is 0 Å². The van der Waals surface area contributed by atoms with Crippen LogP contribution in [0.3, 0.4) is 0 Å². The number of hydrogen-bond acceptors (Lipinski definition) is 11. The molecule has 5 heterocycles. The predicted octanol–water partition coefficient (Wildman–Crippen LogP) is 4.53. The number of amides is 2. The molecule has 2 aromatic heterocycles. The largest absolute Gasteiger partial charge is 0.465 e. The molecule has 6 rings (SSSR count). The lowest BCUT2D eigenvalue weighted by Crippen LogP contribution is -2.65. The van der Waals surface area contributed by atoms with E-state index in [1.807, 2.05) is 44.9 Å². The highest BCUT2D eigenvalue weighted by Gasteiger charge is 2.43. The first-order valence-corrected chi connectivity index (χ1v) is 18.7. The molecule has 1 aromatic carbocycles. The second kappa shape index (κ2) is 15.6. The maximum atomic E-state index is 14.4. The maximum Gasteiger partial charge on any atom is 0.410 e. The first kappa shape index (κ1) is 39.0. The standard InChI is InChI=1S/C40H53FN8O5/c1-26-20-46(37-43-18-30(19-44-37)36(51)53-8)14-13-45(26)22-32-23-48(38(52)54-39(3,4)5)27(2)21-47(32)24-34(50)49-25-40(6,7)35-33(49)16-29(17-42-35)15-28-9-11-31(41)12-10-28/h9-12,16-19,26-27,32H,13-15,20-25H2,1-8H3/t26-,27-,32+/m1/s1. The summed E-state index contributed by atoms with van der Waals surface area (Å²) in [6.07, 6.45) is 5.04. The quantitative estimate of drug-likeness (QED) is 0.302. The van der Waals surface area contributed by atoms with Crippen LogP contribution in [-0.4, -0.2) is 131 Å². The van der Waals surface area contributed by atoms with Crippen molar-refractivity contribution in [3.05, 3.63) is 77.1 Å². The molecule has 2 fully saturated rings. The zero-order valence-corrected chi connectivity index (χ0v) is 32.7. The van der Waals surface area contributed by atoms with Crippen molar-refractivity contribution in [2.75, 3.05) is 69.3 Å². The summed E-state index contributed by atoms with van der Waals surface area (Å²) in [5, 5.41) is 0. The van der Waals surface area contributed by atoms with Crippen molar-refractivity contribution < 1.29 is 28.2 Å². The van der Waals surface area contributed by atoms with Crippen LogP contribution < -0.4 is 9.80 Å². The van der Waals surface area contributed by atoms with Gasteiger partial charge in [0.05, 0.1) is 30.6 Å². The van der Waals surface area contributed by atoms with Crippen LogP contribution in [0.1, 0.15) is 75.6 Å². The highest BCUT2D eigenvalue weighted by molar-refractivity contribution is 5.97. The second-order valence-corrected chi connectivity index (χ2v) is 16.5. The molecule has 2 amide bonds. The number of fused-ring (bicyclic) bond motifs is 1. The van der Waals surface area contributed by atoms with Gasteiger partial charge in [-0.05, 0) is 70.4 Å². The molecule has 3 aliphatic heterocycles. The van der Waals surface area contributed by atoms with E-state index >= 15 is 0 Å². The van der Waals surface area contributed by atoms with E-state index in [0.29, 0.717) is 57.2 Å². The summed E-state index contributed by atoms with van der Waals surface area (Å²) in [5.74, 6) is -0.228. The van der Waals surface area contributed by atoms with Crippen molar-refractivity contribution in [1.29, 1.82) is 0 Å². The zero-order valence-electron chi connectivity index (χ0n) is 32.7. The third kappa shape index (κ3) is 8.81. The molecule has 14 heteroatoms. The Labute approximate surface area is 317 Å². The Kier molecular flexibility index (Phi) is 11.3. The normalized spacial score (nSPS) is 21.9. The zero-order chi connectivity index (χ0) is 38.9. The topological polar surface area (TPSA) is 125 Å². The molecule has 13 nitrogen and oxygen atoms in total. The van der Waals surface area contributed by atoms with Crippen LogP contribution in [0, 0.1) is 5.82 Å². The molecule has 0 bridgehead atoms. The molecular formula is C40H53FN8O5. The van der Waals surface area contributed by atoms with Gasteiger partial charge >= 0.3 is 12.1 Å². The number of piperazine rings is 2. The van der Waals surface area contributed by atoms with Crippen molar-refractivity contribution in [3.63, 3.8) is 0 Å². The smallest absolute Gasteiger partial charge is 0.410 e. The number of rotatable bonds is 8. The molecule has 0 aliphatic carbocycles. The van der Waals surface area contributed by atoms with Crippen LogP contribution >= 0.6 is 0 Å². The lowest BCUT2D eigenvalue weighted by Gasteiger charge is -2.48. The van der Waals surface area contributed by atoms with Gasteiger partial charge in [-0.15, -0.1) is 0 Å². The van der Waals surface area contributed by atoms with E-state index in [1.54, 1.807) is 17.0 Å². The number of ether oxygens (including phenoxy) is 2. The van der Waals surface area contributed by atoms with Crippen molar-refractivity contribution in [2.24, 2.45) is 0 Å². The maximum absolute atomic E-state index is 14.4. The number of esters is 1. The first-order valence-electron chi connectivity index (χ1n) is 18.7. The number of aromatic nitrogens is 3. The number of pyridine rings is 1. The minimum absolute atomic E-state index is 0.0177. The SMILES string of the molecule is COC(=O)c1cnc(N2CCN(C[C@H]3CN(C(=O)OC(C)(C)C)[C@H](C)CN3CC(=O)N3CC(C)(C)c4ncc(Cc5ccc(F)cc5)cc43)[C@H](C)C2)nc1. The van der Waals surface area contributed by atoms with E-state index in [9.17, 15) is 18.8 Å². The lowest BCUT2D eigenvalue weighted by molar-refractivity contribution is -0.121. The highest BCUT2D eigenvalue weighted by Crippen LogP contribution is 2.40. The summed E-state index contributed by atoms with van der Waals surface area (Å²) >= 11 is 0. The highest BCUT2D eigenvalue weighted by atomic mass is 19.1. The number of carbonyl (C=O) groups is 3. The first-order chi connectivity index (χ1) is 25.5. The number of hydrogen-bond donors (Lipinski definition) is 0. The Morgan fingerprint density at radius 1 is 0.907 bits per heavy atom. The number of anilines is 2. The van der Waals surface area contributed by atoms with Gasteiger partial charge in [0, 0.05) is 87.9 Å². The number of nitrogens with zero attached hydrogens (tertiary/aromatic N) is 8. The molecular weight excluding hydrogens is 691 g/mol. The van der Waals surface area contributed by atoms with Crippen LogP contribution in [-0.2, 0) is 26.1 Å². The summed E-state index contributed by atoms with van der Waals surface area (Å²) in [7, 11) is 1.33. The van der Waals surface area contributed by atoms with Gasteiger partial charge in [-0.25, -0.2) is 23.9 Å². The van der Waals surface area contributed by atoms with Crippen LogP contribution in [0.15, 0.2) is 48.9 Å². The van der Waals surface area contributed by atoms with Gasteiger partial charge in [0.15, 0.2) is 0 Å². The molecule has 0 radical (unpaired) electrons. The van der Waals surface area contributed by atoms with E-state index in [4.69, 9.17) is 14.5 Å². The Bertz CT molecular complexity index is 1830. The van der Waals surface area contributed by atoms with Gasteiger partial charge < -0.3 is 24.2 Å². The average molecular weight is 745 g/mol. The fourth-order valence-corrected chi connectivity index (χ4v) is 7.67. The van der Waals surface area contributed by atoms with Gasteiger partial charge in [-0.1, -0.05) is 26.0 Å². The minimum atomic E-state index is -0.638. The van der Waals surface area contributed by atoms with E-state index in [1.165, 1.54) is 31.6 Å². The van der Waals surface area contributed by atoms with Crippen LogP contribution in [0.25, 0.3) is 0 Å². The van der Waals surface area contributed by atoms with E-state index < -0.39 is 11.6 Å². The molecule has 290 valence electrons. The monoisotopic (exact) mass is 744 g/mol. The minimum Gasteiger partial charge on any atom is -0.465 e. The van der Waals surface area contributed by atoms with E-state index in [0.717, 1.165) is 29.1 Å². The molecule has 2 saturated heterocycles. The number of benzene rings is 1. The molecule has 0 unspecified atom stereocenters. The van der Waals surface area contributed by atoms with Gasteiger partial charge in [0.25, 0.3) is 0 Å². The molecule has 3 atom stereocenters. The van der Waals surface area contributed by atoms with Gasteiger partial charge in [0.1, 0.15) is 11.4 Å². The van der Waals surface area contributed by atoms with Gasteiger partial charge in [-0.3, -0.25) is 19.6 Å². The summed E-state index contributed by atoms with van der Waals surface area (Å²) in [6.45, 7) is 18.3. The van der Waals surface area contributed by atoms with Crippen LogP contribution in [0.4, 0.5) is 20.8 Å². The summed E-state index contributed by atoms with van der Waals surface area (Å²) in [6, 6.07) is 8.30. The molecule has 0 spiro atoms. The molecule has 3 aromatic rings. The molecule has 0 N–H and O–H groups in total. The molecule has 0 saturated carbocycles. The van der Waals surface area contributed by atoms with Crippen molar-refractivity contribution in [3.8, 4) is 0 Å². The van der Waals surface area contributed by atoms with E-state index in [2.05, 4.69) is 45.4 Å². The fraction of sp³-hybridized carbons (Fsp3) is 0.550. The lowest BCUT2D eigenvalue weighted by atomic mass is 9.91. The number of carbonyl (C=O) groups excluding carboxylic acids is 3. The Balaban J connectivity index is 1.19. The second-order valence-electron chi connectivity index (χ2n) is 16.5. The van der Waals surface area contributed by atoms with Gasteiger partial charge in [-0.2, -0.15) is 0 Å². The van der Waals surface area contributed by atoms with Crippen LogP contribution in [0.2, 0.25) is 0 Å². The Hall–Kier alpha value is -4.69. The average Bonchev–Trinajstić information content (AvgIpc) is 3.39. The summed E-state index contributed by atoms with van der Waals surface area (Å²) in [5.41, 5.74) is 2.94. The molecule has 54 heavy (non-hydrogen) atoms.